The van der Waals surface area contributed by atoms with Gasteiger partial charge in [0.2, 0.25) is 5.95 Å². The number of hydrogen-bond donors (Lipinski definition) is 0. The standard InChI is InChI=1S/C16H24N6/c1-13(2)20(3)9-14-10-21-8-7-17-15(21)12-22(11-14)16-18-5-4-6-19-16/h4-8,13-14H,9-12H2,1-3H3. The van der Waals surface area contributed by atoms with E-state index in [0.717, 1.165) is 38.0 Å². The van der Waals surface area contributed by atoms with Gasteiger partial charge < -0.3 is 14.4 Å². The smallest absolute Gasteiger partial charge is 0.225 e. The first kappa shape index (κ1) is 15.0. The summed E-state index contributed by atoms with van der Waals surface area (Å²) in [6.07, 6.45) is 7.56. The fourth-order valence-electron chi connectivity index (χ4n) is 2.88. The van der Waals surface area contributed by atoms with E-state index in [9.17, 15) is 0 Å². The van der Waals surface area contributed by atoms with Crippen LogP contribution in [0.3, 0.4) is 0 Å². The van der Waals surface area contributed by atoms with E-state index in [4.69, 9.17) is 0 Å². The summed E-state index contributed by atoms with van der Waals surface area (Å²) in [5, 5.41) is 0. The van der Waals surface area contributed by atoms with Gasteiger partial charge in [0.15, 0.2) is 0 Å². The van der Waals surface area contributed by atoms with E-state index >= 15 is 0 Å². The largest absolute Gasteiger partial charge is 0.333 e. The Balaban J connectivity index is 1.83. The Labute approximate surface area is 131 Å². The molecule has 0 aromatic carbocycles. The summed E-state index contributed by atoms with van der Waals surface area (Å²) in [4.78, 5) is 18.0. The minimum Gasteiger partial charge on any atom is -0.333 e. The number of imidazole rings is 1. The Kier molecular flexibility index (Phi) is 4.38. The van der Waals surface area contributed by atoms with E-state index in [0.29, 0.717) is 12.0 Å². The first-order valence-corrected chi connectivity index (χ1v) is 7.85. The highest BCUT2D eigenvalue weighted by molar-refractivity contribution is 5.29. The van der Waals surface area contributed by atoms with Gasteiger partial charge in [0.1, 0.15) is 5.82 Å². The summed E-state index contributed by atoms with van der Waals surface area (Å²) < 4.78 is 2.27. The third-order valence-corrected chi connectivity index (χ3v) is 4.33. The van der Waals surface area contributed by atoms with Crippen LogP contribution in [0.2, 0.25) is 0 Å². The second-order valence-corrected chi connectivity index (χ2v) is 6.32. The van der Waals surface area contributed by atoms with Crippen molar-refractivity contribution in [3.8, 4) is 0 Å². The minimum atomic E-state index is 0.520. The molecule has 0 spiro atoms. The summed E-state index contributed by atoms with van der Waals surface area (Å²) in [6, 6.07) is 2.40. The molecule has 0 bridgehead atoms. The summed E-state index contributed by atoms with van der Waals surface area (Å²) in [6.45, 7) is 8.23. The highest BCUT2D eigenvalue weighted by Crippen LogP contribution is 2.20. The first-order chi connectivity index (χ1) is 10.6. The van der Waals surface area contributed by atoms with Crippen LogP contribution >= 0.6 is 0 Å². The molecular formula is C16H24N6. The van der Waals surface area contributed by atoms with Crippen LogP contribution in [0.4, 0.5) is 5.95 Å². The highest BCUT2D eigenvalue weighted by Gasteiger charge is 2.25. The monoisotopic (exact) mass is 300 g/mol. The van der Waals surface area contributed by atoms with Gasteiger partial charge in [-0.05, 0) is 27.0 Å². The quantitative estimate of drug-likeness (QED) is 0.859. The average molecular weight is 300 g/mol. The van der Waals surface area contributed by atoms with Gasteiger partial charge in [-0.15, -0.1) is 0 Å². The van der Waals surface area contributed by atoms with Crippen molar-refractivity contribution in [1.82, 2.24) is 24.4 Å². The summed E-state index contributed by atoms with van der Waals surface area (Å²) in [5.74, 6) is 2.39. The molecule has 1 unspecified atom stereocenters. The maximum absolute atomic E-state index is 4.49. The van der Waals surface area contributed by atoms with Gasteiger partial charge in [-0.25, -0.2) is 15.0 Å². The van der Waals surface area contributed by atoms with Crippen molar-refractivity contribution in [2.45, 2.75) is 33.0 Å². The molecule has 22 heavy (non-hydrogen) atoms. The van der Waals surface area contributed by atoms with Gasteiger partial charge in [-0.3, -0.25) is 0 Å². The minimum absolute atomic E-state index is 0.520. The lowest BCUT2D eigenvalue weighted by Gasteiger charge is -2.29. The van der Waals surface area contributed by atoms with Gasteiger partial charge in [0.05, 0.1) is 6.54 Å². The molecule has 1 aliphatic rings. The van der Waals surface area contributed by atoms with Crippen LogP contribution in [-0.2, 0) is 13.1 Å². The molecule has 1 atom stereocenters. The van der Waals surface area contributed by atoms with E-state index in [1.54, 1.807) is 12.4 Å². The van der Waals surface area contributed by atoms with E-state index < -0.39 is 0 Å². The molecular weight excluding hydrogens is 276 g/mol. The third-order valence-electron chi connectivity index (χ3n) is 4.33. The van der Waals surface area contributed by atoms with Crippen LogP contribution in [0.15, 0.2) is 30.9 Å². The zero-order valence-corrected chi connectivity index (χ0v) is 13.6. The second kappa shape index (κ2) is 6.44. The van der Waals surface area contributed by atoms with E-state index in [2.05, 4.69) is 56.4 Å². The normalized spacial score (nSPS) is 18.6. The molecule has 3 rings (SSSR count). The van der Waals surface area contributed by atoms with Gasteiger partial charge in [-0.2, -0.15) is 0 Å². The van der Waals surface area contributed by atoms with Crippen LogP contribution in [0.25, 0.3) is 0 Å². The number of fused-ring (bicyclic) bond motifs is 1. The SMILES string of the molecule is CC(C)N(C)CC1CN(c2ncccn2)Cc2nccn2C1. The molecule has 3 heterocycles. The Morgan fingerprint density at radius 3 is 2.68 bits per heavy atom. The molecule has 0 amide bonds. The van der Waals surface area contributed by atoms with E-state index in [-0.39, 0.29) is 0 Å². The highest BCUT2D eigenvalue weighted by atomic mass is 15.3. The fourth-order valence-corrected chi connectivity index (χ4v) is 2.88. The molecule has 0 N–H and O–H groups in total. The van der Waals surface area contributed by atoms with Crippen molar-refractivity contribution in [3.63, 3.8) is 0 Å². The lowest BCUT2D eigenvalue weighted by molar-refractivity contribution is 0.221. The summed E-state index contributed by atoms with van der Waals surface area (Å²) in [7, 11) is 2.19. The molecule has 0 saturated carbocycles. The van der Waals surface area contributed by atoms with Gasteiger partial charge in [-0.1, -0.05) is 0 Å². The average Bonchev–Trinajstić information content (AvgIpc) is 2.87. The van der Waals surface area contributed by atoms with Crippen molar-refractivity contribution in [3.05, 3.63) is 36.7 Å². The molecule has 0 aliphatic carbocycles. The van der Waals surface area contributed by atoms with Crippen LogP contribution < -0.4 is 4.90 Å². The molecule has 6 heteroatoms. The number of nitrogens with zero attached hydrogens (tertiary/aromatic N) is 6. The van der Waals surface area contributed by atoms with Crippen LogP contribution in [0.1, 0.15) is 19.7 Å². The predicted molar refractivity (Wildman–Crippen MR) is 86.6 cm³/mol. The van der Waals surface area contributed by atoms with Crippen LogP contribution in [-0.4, -0.2) is 50.6 Å². The van der Waals surface area contributed by atoms with Crippen molar-refractivity contribution >= 4 is 5.95 Å². The van der Waals surface area contributed by atoms with E-state index in [1.807, 2.05) is 12.3 Å². The maximum atomic E-state index is 4.49. The number of anilines is 1. The third kappa shape index (κ3) is 3.27. The Bertz CT molecular complexity index is 594. The summed E-state index contributed by atoms with van der Waals surface area (Å²) in [5.41, 5.74) is 0. The molecule has 2 aromatic heterocycles. The molecule has 118 valence electrons. The van der Waals surface area contributed by atoms with Crippen molar-refractivity contribution in [1.29, 1.82) is 0 Å². The zero-order valence-electron chi connectivity index (χ0n) is 13.6. The molecule has 0 saturated heterocycles. The van der Waals surface area contributed by atoms with Crippen molar-refractivity contribution < 1.29 is 0 Å². The van der Waals surface area contributed by atoms with Crippen molar-refractivity contribution in [2.24, 2.45) is 5.92 Å². The maximum Gasteiger partial charge on any atom is 0.225 e. The lowest BCUT2D eigenvalue weighted by atomic mass is 10.1. The van der Waals surface area contributed by atoms with Crippen molar-refractivity contribution in [2.75, 3.05) is 25.0 Å². The van der Waals surface area contributed by atoms with Gasteiger partial charge in [0.25, 0.3) is 0 Å². The zero-order chi connectivity index (χ0) is 15.5. The number of hydrogen-bond acceptors (Lipinski definition) is 5. The van der Waals surface area contributed by atoms with Gasteiger partial charge in [0, 0.05) is 56.4 Å². The van der Waals surface area contributed by atoms with E-state index in [1.165, 1.54) is 0 Å². The predicted octanol–water partition coefficient (Wildman–Crippen LogP) is 1.65. The van der Waals surface area contributed by atoms with Gasteiger partial charge >= 0.3 is 0 Å². The van der Waals surface area contributed by atoms with Crippen LogP contribution in [0.5, 0.6) is 0 Å². The first-order valence-electron chi connectivity index (χ1n) is 7.85. The fraction of sp³-hybridized carbons (Fsp3) is 0.562. The Hall–Kier alpha value is -1.95. The molecule has 0 fully saturated rings. The molecule has 0 radical (unpaired) electrons. The topological polar surface area (TPSA) is 50.1 Å². The van der Waals surface area contributed by atoms with Crippen LogP contribution in [0, 0.1) is 5.92 Å². The number of aromatic nitrogens is 4. The number of rotatable bonds is 4. The molecule has 1 aliphatic heterocycles. The second-order valence-electron chi connectivity index (χ2n) is 6.32. The summed E-state index contributed by atoms with van der Waals surface area (Å²) >= 11 is 0. The Morgan fingerprint density at radius 1 is 1.18 bits per heavy atom. The lowest BCUT2D eigenvalue weighted by Crippen LogP contribution is -2.38. The molecule has 6 nitrogen and oxygen atoms in total. The Morgan fingerprint density at radius 2 is 1.95 bits per heavy atom. The molecule has 2 aromatic rings.